The summed E-state index contributed by atoms with van der Waals surface area (Å²) in [6.07, 6.45) is 1.75. The Hall–Kier alpha value is -1.62. The van der Waals surface area contributed by atoms with Gasteiger partial charge in [-0.25, -0.2) is 9.78 Å². The molecule has 0 spiro atoms. The number of pyridine rings is 1. The molecule has 4 nitrogen and oxygen atoms in total. The summed E-state index contributed by atoms with van der Waals surface area (Å²) in [7, 11) is 1.34. The average Bonchev–Trinajstić information content (AvgIpc) is 2.55. The molecule has 0 amide bonds. The molecule has 0 saturated heterocycles. The molecule has 0 bridgehead atoms. The predicted molar refractivity (Wildman–Crippen MR) is 60.1 cm³/mol. The van der Waals surface area contributed by atoms with Crippen molar-refractivity contribution in [1.29, 1.82) is 0 Å². The van der Waals surface area contributed by atoms with Crippen LogP contribution in [0.1, 0.15) is 15.2 Å². The number of carbonyl (C=O) groups is 1. The van der Waals surface area contributed by atoms with Crippen molar-refractivity contribution in [3.05, 3.63) is 22.7 Å². The first-order valence-electron chi connectivity index (χ1n) is 4.36. The van der Waals surface area contributed by atoms with Crippen molar-refractivity contribution in [2.45, 2.75) is 6.92 Å². The number of aromatic nitrogens is 1. The van der Waals surface area contributed by atoms with E-state index in [9.17, 15) is 4.79 Å². The summed E-state index contributed by atoms with van der Waals surface area (Å²) < 4.78 is 4.64. The first-order chi connectivity index (χ1) is 7.13. The first-order valence-corrected chi connectivity index (χ1v) is 5.18. The van der Waals surface area contributed by atoms with Gasteiger partial charge in [0.1, 0.15) is 9.71 Å². The summed E-state index contributed by atoms with van der Waals surface area (Å²) in [6, 6.07) is 1.92. The van der Waals surface area contributed by atoms with Gasteiger partial charge in [-0.05, 0) is 18.6 Å². The molecule has 0 unspecified atom stereocenters. The van der Waals surface area contributed by atoms with Gasteiger partial charge >= 0.3 is 5.97 Å². The normalized spacial score (nSPS) is 10.5. The van der Waals surface area contributed by atoms with Crippen LogP contribution in [0.15, 0.2) is 12.3 Å². The number of esters is 1. The van der Waals surface area contributed by atoms with Gasteiger partial charge in [-0.2, -0.15) is 0 Å². The largest absolute Gasteiger partial charge is 0.465 e. The van der Waals surface area contributed by atoms with Crippen molar-refractivity contribution >= 4 is 33.2 Å². The van der Waals surface area contributed by atoms with Crippen molar-refractivity contribution in [3.8, 4) is 0 Å². The van der Waals surface area contributed by atoms with Crippen LogP contribution in [-0.2, 0) is 4.74 Å². The zero-order chi connectivity index (χ0) is 11.0. The highest BCUT2D eigenvalue weighted by atomic mass is 32.1. The van der Waals surface area contributed by atoms with Crippen LogP contribution < -0.4 is 5.73 Å². The van der Waals surface area contributed by atoms with Crippen LogP contribution in [0.25, 0.3) is 10.2 Å². The molecule has 0 atom stereocenters. The second-order valence-electron chi connectivity index (χ2n) is 3.20. The molecule has 0 radical (unpaired) electrons. The molecule has 0 aliphatic rings. The Balaban J connectivity index is 2.69. The van der Waals surface area contributed by atoms with E-state index in [0.29, 0.717) is 10.6 Å². The second kappa shape index (κ2) is 3.51. The number of thiophene rings is 1. The molecular formula is C10H10N2O2S. The van der Waals surface area contributed by atoms with Gasteiger partial charge in [0.2, 0.25) is 0 Å². The van der Waals surface area contributed by atoms with Crippen molar-refractivity contribution in [1.82, 2.24) is 4.98 Å². The monoisotopic (exact) mass is 222 g/mol. The number of nitrogen functional groups attached to an aromatic ring is 1. The topological polar surface area (TPSA) is 65.2 Å². The highest BCUT2D eigenvalue weighted by molar-refractivity contribution is 7.21. The maximum Gasteiger partial charge on any atom is 0.350 e. The lowest BCUT2D eigenvalue weighted by Gasteiger charge is -1.96. The van der Waals surface area contributed by atoms with Crippen molar-refractivity contribution in [2.24, 2.45) is 0 Å². The minimum atomic E-state index is -0.409. The molecule has 0 aliphatic heterocycles. The van der Waals surface area contributed by atoms with E-state index in [1.807, 2.05) is 13.0 Å². The molecule has 0 aromatic carbocycles. The van der Waals surface area contributed by atoms with E-state index in [2.05, 4.69) is 9.72 Å². The number of rotatable bonds is 1. The number of nitrogens with two attached hydrogens (primary N) is 1. The Morgan fingerprint density at radius 1 is 1.60 bits per heavy atom. The van der Waals surface area contributed by atoms with Crippen molar-refractivity contribution in [3.63, 3.8) is 0 Å². The number of nitrogens with zero attached hydrogens (tertiary/aromatic N) is 1. The summed E-state index contributed by atoms with van der Waals surface area (Å²) in [5.41, 5.74) is 7.33. The molecule has 0 saturated carbocycles. The van der Waals surface area contributed by atoms with E-state index in [0.717, 1.165) is 15.8 Å². The van der Waals surface area contributed by atoms with E-state index in [1.165, 1.54) is 18.4 Å². The van der Waals surface area contributed by atoms with E-state index in [4.69, 9.17) is 5.73 Å². The number of aryl methyl sites for hydroxylation is 1. The standard InChI is InChI=1S/C10H10N2O2S/c1-5-3-6-7(11)8(10(13)14-2)15-9(6)12-4-5/h3-4H,11H2,1-2H3. The zero-order valence-electron chi connectivity index (χ0n) is 8.40. The molecule has 0 fully saturated rings. The number of ether oxygens (including phenoxy) is 1. The van der Waals surface area contributed by atoms with Crippen LogP contribution in [0.4, 0.5) is 5.69 Å². The number of carbonyl (C=O) groups excluding carboxylic acids is 1. The summed E-state index contributed by atoms with van der Waals surface area (Å²) >= 11 is 1.25. The molecule has 2 rings (SSSR count). The fourth-order valence-electron chi connectivity index (χ4n) is 1.35. The third-order valence-electron chi connectivity index (χ3n) is 2.09. The molecule has 15 heavy (non-hydrogen) atoms. The van der Waals surface area contributed by atoms with Gasteiger partial charge in [0.25, 0.3) is 0 Å². The van der Waals surface area contributed by atoms with Gasteiger partial charge in [-0.15, -0.1) is 11.3 Å². The number of anilines is 1. The van der Waals surface area contributed by atoms with Crippen LogP contribution in [0.2, 0.25) is 0 Å². The molecule has 2 aromatic heterocycles. The molecular weight excluding hydrogens is 212 g/mol. The summed E-state index contributed by atoms with van der Waals surface area (Å²) in [5.74, 6) is -0.409. The van der Waals surface area contributed by atoms with Crippen LogP contribution in [0.3, 0.4) is 0 Å². The molecule has 2 N–H and O–H groups in total. The third-order valence-corrected chi connectivity index (χ3v) is 3.20. The minimum absolute atomic E-state index is 0.409. The Labute approximate surface area is 90.7 Å². The second-order valence-corrected chi connectivity index (χ2v) is 4.20. The van der Waals surface area contributed by atoms with Crippen LogP contribution in [0.5, 0.6) is 0 Å². The lowest BCUT2D eigenvalue weighted by atomic mass is 10.2. The summed E-state index contributed by atoms with van der Waals surface area (Å²) in [6.45, 7) is 1.93. The Morgan fingerprint density at radius 3 is 3.00 bits per heavy atom. The lowest BCUT2D eigenvalue weighted by Crippen LogP contribution is -2.01. The fourth-order valence-corrected chi connectivity index (χ4v) is 2.31. The molecule has 78 valence electrons. The quantitative estimate of drug-likeness (QED) is 0.749. The third kappa shape index (κ3) is 1.55. The maximum atomic E-state index is 11.4. The molecule has 2 heterocycles. The number of hydrogen-bond donors (Lipinski definition) is 1. The van der Waals surface area contributed by atoms with Crippen LogP contribution in [0, 0.1) is 6.92 Å². The first kappa shape index (κ1) is 9.92. The summed E-state index contributed by atoms with van der Waals surface area (Å²) in [5, 5.41) is 0.820. The van der Waals surface area contributed by atoms with E-state index in [-0.39, 0.29) is 0 Å². The minimum Gasteiger partial charge on any atom is -0.465 e. The Morgan fingerprint density at radius 2 is 2.33 bits per heavy atom. The summed E-state index contributed by atoms with van der Waals surface area (Å²) in [4.78, 5) is 16.8. The van der Waals surface area contributed by atoms with Gasteiger partial charge in [-0.3, -0.25) is 0 Å². The molecule has 0 aliphatic carbocycles. The van der Waals surface area contributed by atoms with Crippen molar-refractivity contribution in [2.75, 3.05) is 12.8 Å². The van der Waals surface area contributed by atoms with Gasteiger partial charge in [0, 0.05) is 11.6 Å². The van der Waals surface area contributed by atoms with Gasteiger partial charge in [0.05, 0.1) is 12.8 Å². The van der Waals surface area contributed by atoms with Gasteiger partial charge in [0.15, 0.2) is 0 Å². The smallest absolute Gasteiger partial charge is 0.350 e. The van der Waals surface area contributed by atoms with E-state index >= 15 is 0 Å². The highest BCUT2D eigenvalue weighted by Gasteiger charge is 2.17. The number of fused-ring (bicyclic) bond motifs is 1. The fraction of sp³-hybridized carbons (Fsp3) is 0.200. The highest BCUT2D eigenvalue weighted by Crippen LogP contribution is 2.32. The van der Waals surface area contributed by atoms with Gasteiger partial charge < -0.3 is 10.5 Å². The molecule has 5 heteroatoms. The van der Waals surface area contributed by atoms with Crippen LogP contribution in [-0.4, -0.2) is 18.1 Å². The maximum absolute atomic E-state index is 11.4. The lowest BCUT2D eigenvalue weighted by molar-refractivity contribution is 0.0607. The Kier molecular flexibility index (Phi) is 2.32. The number of hydrogen-bond acceptors (Lipinski definition) is 5. The average molecular weight is 222 g/mol. The van der Waals surface area contributed by atoms with E-state index < -0.39 is 5.97 Å². The van der Waals surface area contributed by atoms with Crippen LogP contribution >= 0.6 is 11.3 Å². The SMILES string of the molecule is COC(=O)c1sc2ncc(C)cc2c1N. The predicted octanol–water partition coefficient (Wildman–Crippen LogP) is 1.97. The Bertz CT molecular complexity index is 533. The molecule has 2 aromatic rings. The van der Waals surface area contributed by atoms with Crippen molar-refractivity contribution < 1.29 is 9.53 Å². The van der Waals surface area contributed by atoms with E-state index in [1.54, 1.807) is 6.20 Å². The zero-order valence-corrected chi connectivity index (χ0v) is 9.22. The number of methoxy groups -OCH3 is 1. The van der Waals surface area contributed by atoms with Gasteiger partial charge in [-0.1, -0.05) is 0 Å².